The quantitative estimate of drug-likeness (QED) is 0.357. The van der Waals surface area contributed by atoms with E-state index in [9.17, 15) is 14.0 Å². The van der Waals surface area contributed by atoms with Crippen LogP contribution in [-0.4, -0.2) is 20.7 Å². The normalized spacial score (nSPS) is 12.0. The van der Waals surface area contributed by atoms with E-state index in [4.69, 9.17) is 0 Å². The van der Waals surface area contributed by atoms with Gasteiger partial charge in [0.05, 0.1) is 21.8 Å². The van der Waals surface area contributed by atoms with Crippen molar-refractivity contribution in [2.75, 3.05) is 5.32 Å². The number of para-hydroxylation sites is 2. The minimum atomic E-state index is -0.576. The number of carbonyl (C=O) groups excluding carboxylic acids is 1. The van der Waals surface area contributed by atoms with Gasteiger partial charge in [0.2, 0.25) is 5.91 Å². The summed E-state index contributed by atoms with van der Waals surface area (Å²) in [6.07, 6.45) is 0. The van der Waals surface area contributed by atoms with Crippen molar-refractivity contribution < 1.29 is 9.18 Å². The summed E-state index contributed by atoms with van der Waals surface area (Å²) in [7, 11) is 0. The van der Waals surface area contributed by atoms with Crippen molar-refractivity contribution >= 4 is 34.3 Å². The fourth-order valence-corrected chi connectivity index (χ4v) is 4.05. The Labute approximate surface area is 182 Å². The molecule has 0 bridgehead atoms. The van der Waals surface area contributed by atoms with Gasteiger partial charge in [-0.15, -0.1) is 0 Å². The van der Waals surface area contributed by atoms with Crippen molar-refractivity contribution in [3.05, 3.63) is 94.5 Å². The van der Waals surface area contributed by atoms with Gasteiger partial charge in [-0.2, -0.15) is 0 Å². The smallest absolute Gasteiger partial charge is 0.266 e. The highest BCUT2D eigenvalue weighted by atomic mass is 32.2. The molecule has 1 amide bonds. The molecule has 0 saturated carbocycles. The maximum absolute atomic E-state index is 13.8. The van der Waals surface area contributed by atoms with Crippen LogP contribution in [-0.2, 0) is 4.79 Å². The number of carbonyl (C=O) groups is 1. The fraction of sp³-hybridized carbons (Fsp3) is 0.125. The van der Waals surface area contributed by atoms with Gasteiger partial charge >= 0.3 is 0 Å². The summed E-state index contributed by atoms with van der Waals surface area (Å²) in [6.45, 7) is 3.38. The Morgan fingerprint density at radius 2 is 1.77 bits per heavy atom. The number of nitrogens with one attached hydrogen (secondary N) is 1. The summed E-state index contributed by atoms with van der Waals surface area (Å²) in [5, 5.41) is 3.06. The number of aryl methyl sites for hydroxylation is 1. The summed E-state index contributed by atoms with van der Waals surface area (Å²) in [6, 6.07) is 20.9. The third kappa shape index (κ3) is 4.36. The van der Waals surface area contributed by atoms with E-state index in [1.54, 1.807) is 44.2 Å². The second kappa shape index (κ2) is 8.73. The van der Waals surface area contributed by atoms with E-state index in [1.807, 2.05) is 36.4 Å². The zero-order chi connectivity index (χ0) is 22.0. The minimum Gasteiger partial charge on any atom is -0.325 e. The molecule has 156 valence electrons. The van der Waals surface area contributed by atoms with Gasteiger partial charge in [-0.3, -0.25) is 14.2 Å². The van der Waals surface area contributed by atoms with Crippen LogP contribution in [0, 0.1) is 12.7 Å². The summed E-state index contributed by atoms with van der Waals surface area (Å²) < 4.78 is 15.3. The van der Waals surface area contributed by atoms with E-state index in [2.05, 4.69) is 10.3 Å². The van der Waals surface area contributed by atoms with Crippen LogP contribution in [0.4, 0.5) is 10.1 Å². The Morgan fingerprint density at radius 3 is 2.52 bits per heavy atom. The maximum atomic E-state index is 13.8. The number of aromatic nitrogens is 2. The Balaban J connectivity index is 1.69. The fourth-order valence-electron chi connectivity index (χ4n) is 3.12. The molecule has 0 aliphatic carbocycles. The zero-order valence-electron chi connectivity index (χ0n) is 17.0. The van der Waals surface area contributed by atoms with E-state index < -0.39 is 5.25 Å². The average molecular weight is 434 g/mol. The maximum Gasteiger partial charge on any atom is 0.266 e. The lowest BCUT2D eigenvalue weighted by atomic mass is 10.2. The Bertz CT molecular complexity index is 1320. The molecule has 1 atom stereocenters. The van der Waals surface area contributed by atoms with Crippen LogP contribution < -0.4 is 10.9 Å². The first-order valence-electron chi connectivity index (χ1n) is 9.75. The van der Waals surface area contributed by atoms with E-state index in [-0.39, 0.29) is 17.3 Å². The van der Waals surface area contributed by atoms with Crippen LogP contribution in [0.3, 0.4) is 0 Å². The molecule has 31 heavy (non-hydrogen) atoms. The largest absolute Gasteiger partial charge is 0.325 e. The number of rotatable bonds is 5. The van der Waals surface area contributed by atoms with Crippen molar-refractivity contribution in [3.63, 3.8) is 0 Å². The molecule has 5 nitrogen and oxygen atoms in total. The molecule has 1 heterocycles. The van der Waals surface area contributed by atoms with Crippen LogP contribution in [0.1, 0.15) is 12.5 Å². The third-order valence-corrected chi connectivity index (χ3v) is 5.90. The standard InChI is InChI=1S/C24H20FN3O2S/c1-15-12-13-17(14-20(15)25)26-22(29)16(2)31-24-27-21-11-7-6-10-19(21)23(30)28(24)18-8-4-3-5-9-18/h3-14,16H,1-2H3,(H,26,29). The second-order valence-electron chi connectivity index (χ2n) is 7.10. The van der Waals surface area contributed by atoms with Crippen molar-refractivity contribution in [2.45, 2.75) is 24.3 Å². The molecule has 1 N–H and O–H groups in total. The first-order valence-corrected chi connectivity index (χ1v) is 10.6. The Kier molecular flexibility index (Phi) is 5.86. The van der Waals surface area contributed by atoms with Gasteiger partial charge in [0.25, 0.3) is 5.56 Å². The lowest BCUT2D eigenvalue weighted by Crippen LogP contribution is -2.26. The number of halogens is 1. The molecule has 1 unspecified atom stereocenters. The highest BCUT2D eigenvalue weighted by molar-refractivity contribution is 8.00. The first-order chi connectivity index (χ1) is 14.9. The minimum absolute atomic E-state index is 0.201. The second-order valence-corrected chi connectivity index (χ2v) is 8.41. The molecule has 7 heteroatoms. The van der Waals surface area contributed by atoms with Gasteiger partial charge in [-0.25, -0.2) is 9.37 Å². The molecular weight excluding hydrogens is 413 g/mol. The van der Waals surface area contributed by atoms with Gasteiger partial charge in [0.1, 0.15) is 5.82 Å². The number of benzene rings is 3. The molecule has 0 aliphatic rings. The Morgan fingerprint density at radius 1 is 1.06 bits per heavy atom. The number of hydrogen-bond acceptors (Lipinski definition) is 4. The van der Waals surface area contributed by atoms with Gasteiger partial charge in [0, 0.05) is 5.69 Å². The van der Waals surface area contributed by atoms with Crippen LogP contribution in [0.2, 0.25) is 0 Å². The van der Waals surface area contributed by atoms with Crippen LogP contribution in [0.25, 0.3) is 16.6 Å². The molecule has 1 aromatic heterocycles. The molecule has 0 radical (unpaired) electrons. The monoisotopic (exact) mass is 433 g/mol. The molecule has 0 saturated heterocycles. The molecule has 4 aromatic rings. The van der Waals surface area contributed by atoms with E-state index >= 15 is 0 Å². The van der Waals surface area contributed by atoms with E-state index in [0.717, 1.165) is 0 Å². The van der Waals surface area contributed by atoms with Gasteiger partial charge in [0.15, 0.2) is 5.16 Å². The molecule has 4 rings (SSSR count). The summed E-state index contributed by atoms with van der Waals surface area (Å²) in [4.78, 5) is 30.6. The third-order valence-electron chi connectivity index (χ3n) is 4.85. The number of thioether (sulfide) groups is 1. The van der Waals surface area contributed by atoms with Crippen LogP contribution >= 0.6 is 11.8 Å². The highest BCUT2D eigenvalue weighted by Crippen LogP contribution is 2.26. The van der Waals surface area contributed by atoms with Crippen molar-refractivity contribution in [3.8, 4) is 5.69 Å². The van der Waals surface area contributed by atoms with Crippen LogP contribution in [0.15, 0.2) is 82.7 Å². The van der Waals surface area contributed by atoms with Gasteiger partial charge in [-0.1, -0.05) is 48.2 Å². The molecule has 0 spiro atoms. The van der Waals surface area contributed by atoms with Crippen molar-refractivity contribution in [1.82, 2.24) is 9.55 Å². The van der Waals surface area contributed by atoms with E-state index in [1.165, 1.54) is 22.4 Å². The van der Waals surface area contributed by atoms with Gasteiger partial charge in [-0.05, 0) is 55.8 Å². The summed E-state index contributed by atoms with van der Waals surface area (Å²) in [5.41, 5.74) is 1.92. The zero-order valence-corrected chi connectivity index (χ0v) is 17.8. The highest BCUT2D eigenvalue weighted by Gasteiger charge is 2.20. The molecule has 0 aliphatic heterocycles. The number of amides is 1. The number of nitrogens with zero attached hydrogens (tertiary/aromatic N) is 2. The lowest BCUT2D eigenvalue weighted by Gasteiger charge is -2.16. The van der Waals surface area contributed by atoms with Gasteiger partial charge < -0.3 is 5.32 Å². The summed E-state index contributed by atoms with van der Waals surface area (Å²) >= 11 is 1.17. The SMILES string of the molecule is Cc1ccc(NC(=O)C(C)Sc2nc3ccccc3c(=O)n2-c2ccccc2)cc1F. The van der Waals surface area contributed by atoms with E-state index in [0.29, 0.717) is 33.0 Å². The topological polar surface area (TPSA) is 64.0 Å². The number of hydrogen-bond donors (Lipinski definition) is 1. The molecule has 0 fully saturated rings. The average Bonchev–Trinajstić information content (AvgIpc) is 2.77. The van der Waals surface area contributed by atoms with Crippen molar-refractivity contribution in [2.24, 2.45) is 0 Å². The number of anilines is 1. The predicted octanol–water partition coefficient (Wildman–Crippen LogP) is 4.95. The first kappa shape index (κ1) is 20.8. The molecule has 3 aromatic carbocycles. The molecular formula is C24H20FN3O2S. The number of fused-ring (bicyclic) bond motifs is 1. The predicted molar refractivity (Wildman–Crippen MR) is 122 cm³/mol. The lowest BCUT2D eigenvalue weighted by molar-refractivity contribution is -0.115. The van der Waals surface area contributed by atoms with Crippen molar-refractivity contribution in [1.29, 1.82) is 0 Å². The Hall–Kier alpha value is -3.45. The summed E-state index contributed by atoms with van der Waals surface area (Å²) in [5.74, 6) is -0.692. The van der Waals surface area contributed by atoms with Crippen LogP contribution in [0.5, 0.6) is 0 Å².